The molecule has 3 atom stereocenters. The molecule has 1 aliphatic carbocycles. The normalized spacial score (nSPS) is 28.8. The SMILES string of the molecule is CN(CC1CCN(c2ccc(C3CCC(=O)NC3=O)cc2)CC1)[C@@H]1CCC[C@@H]1N. The molecule has 3 N–H and O–H groups in total. The van der Waals surface area contributed by atoms with Gasteiger partial charge in [-0.3, -0.25) is 14.9 Å². The first kappa shape index (κ1) is 20.4. The highest BCUT2D eigenvalue weighted by Crippen LogP contribution is 2.30. The molecule has 6 nitrogen and oxygen atoms in total. The van der Waals surface area contributed by atoms with Gasteiger partial charge in [-0.05, 0) is 62.8 Å². The van der Waals surface area contributed by atoms with Crippen LogP contribution in [0.5, 0.6) is 0 Å². The number of rotatable bonds is 5. The minimum Gasteiger partial charge on any atom is -0.372 e. The lowest BCUT2D eigenvalue weighted by Crippen LogP contribution is -2.46. The minimum absolute atomic E-state index is 0.161. The van der Waals surface area contributed by atoms with Gasteiger partial charge in [-0.15, -0.1) is 0 Å². The van der Waals surface area contributed by atoms with Crippen molar-refractivity contribution in [2.75, 3.05) is 31.6 Å². The summed E-state index contributed by atoms with van der Waals surface area (Å²) in [5.41, 5.74) is 8.50. The molecular weight excluding hydrogens is 364 g/mol. The number of likely N-dealkylation sites (N-methyl/N-ethyl adjacent to an activating group) is 1. The number of carbonyl (C=O) groups is 2. The number of anilines is 1. The van der Waals surface area contributed by atoms with Crippen LogP contribution in [0.2, 0.25) is 0 Å². The summed E-state index contributed by atoms with van der Waals surface area (Å²) in [6.07, 6.45) is 7.13. The lowest BCUT2D eigenvalue weighted by molar-refractivity contribution is -0.134. The molecule has 0 radical (unpaired) electrons. The van der Waals surface area contributed by atoms with E-state index in [0.29, 0.717) is 24.9 Å². The van der Waals surface area contributed by atoms with Crippen LogP contribution in [0.25, 0.3) is 0 Å². The van der Waals surface area contributed by atoms with E-state index in [9.17, 15) is 9.59 Å². The Labute approximate surface area is 173 Å². The van der Waals surface area contributed by atoms with Gasteiger partial charge in [0.2, 0.25) is 11.8 Å². The molecule has 158 valence electrons. The molecule has 29 heavy (non-hydrogen) atoms. The van der Waals surface area contributed by atoms with Gasteiger partial charge in [-0.1, -0.05) is 18.6 Å². The molecule has 6 heteroatoms. The van der Waals surface area contributed by atoms with Crippen LogP contribution in [0.15, 0.2) is 24.3 Å². The Morgan fingerprint density at radius 1 is 1.07 bits per heavy atom. The highest BCUT2D eigenvalue weighted by molar-refractivity contribution is 6.00. The van der Waals surface area contributed by atoms with Gasteiger partial charge in [0.05, 0.1) is 5.92 Å². The Bertz CT molecular complexity index is 727. The van der Waals surface area contributed by atoms with Crippen molar-refractivity contribution in [1.29, 1.82) is 0 Å². The molecule has 2 aliphatic heterocycles. The first-order valence-electron chi connectivity index (χ1n) is 11.2. The quantitative estimate of drug-likeness (QED) is 0.744. The number of amides is 2. The van der Waals surface area contributed by atoms with Crippen LogP contribution in [0, 0.1) is 5.92 Å². The van der Waals surface area contributed by atoms with E-state index in [0.717, 1.165) is 31.1 Å². The van der Waals surface area contributed by atoms with Crippen molar-refractivity contribution in [2.45, 2.75) is 62.9 Å². The zero-order chi connectivity index (χ0) is 20.4. The molecule has 1 unspecified atom stereocenters. The van der Waals surface area contributed by atoms with Crippen molar-refractivity contribution in [3.63, 3.8) is 0 Å². The summed E-state index contributed by atoms with van der Waals surface area (Å²) in [4.78, 5) is 28.4. The fourth-order valence-corrected chi connectivity index (χ4v) is 5.36. The molecule has 2 heterocycles. The van der Waals surface area contributed by atoms with Gasteiger partial charge in [0.25, 0.3) is 0 Å². The van der Waals surface area contributed by atoms with Crippen LogP contribution in [0.1, 0.15) is 56.4 Å². The number of nitrogens with one attached hydrogen (secondary N) is 1. The van der Waals surface area contributed by atoms with E-state index in [-0.39, 0.29) is 17.7 Å². The molecule has 3 fully saturated rings. The number of benzene rings is 1. The summed E-state index contributed by atoms with van der Waals surface area (Å²) in [6, 6.07) is 9.27. The second-order valence-electron chi connectivity index (χ2n) is 9.13. The smallest absolute Gasteiger partial charge is 0.234 e. The molecule has 1 aromatic carbocycles. The van der Waals surface area contributed by atoms with E-state index < -0.39 is 0 Å². The van der Waals surface area contributed by atoms with Crippen LogP contribution in [0.3, 0.4) is 0 Å². The van der Waals surface area contributed by atoms with Crippen molar-refractivity contribution in [1.82, 2.24) is 10.2 Å². The third kappa shape index (κ3) is 4.64. The maximum absolute atomic E-state index is 12.1. The summed E-state index contributed by atoms with van der Waals surface area (Å²) in [5, 5.41) is 2.45. The first-order valence-corrected chi connectivity index (χ1v) is 11.2. The molecular formula is C23H34N4O2. The highest BCUT2D eigenvalue weighted by atomic mass is 16.2. The van der Waals surface area contributed by atoms with Gasteiger partial charge in [0.1, 0.15) is 0 Å². The van der Waals surface area contributed by atoms with E-state index >= 15 is 0 Å². The molecule has 3 aliphatic rings. The summed E-state index contributed by atoms with van der Waals surface area (Å²) in [6.45, 7) is 3.31. The van der Waals surface area contributed by atoms with E-state index in [4.69, 9.17) is 5.73 Å². The standard InChI is InChI=1S/C23H34N4O2/c1-26(21-4-2-3-20(21)24)15-16-11-13-27(14-12-16)18-7-5-17(6-8-18)19-9-10-22(28)25-23(19)29/h5-8,16,19-21H,2-4,9-15,24H2,1H3,(H,25,28,29)/t19?,20-,21+/m0/s1. The number of hydrogen-bond donors (Lipinski definition) is 2. The minimum atomic E-state index is -0.204. The number of imide groups is 1. The third-order valence-electron chi connectivity index (χ3n) is 7.16. The van der Waals surface area contributed by atoms with E-state index in [1.807, 2.05) is 0 Å². The molecule has 2 saturated heterocycles. The van der Waals surface area contributed by atoms with Crippen molar-refractivity contribution in [3.8, 4) is 0 Å². The summed E-state index contributed by atoms with van der Waals surface area (Å²) >= 11 is 0. The fourth-order valence-electron chi connectivity index (χ4n) is 5.36. The Balaban J connectivity index is 1.28. The zero-order valence-corrected chi connectivity index (χ0v) is 17.5. The average Bonchev–Trinajstić information content (AvgIpc) is 3.15. The largest absolute Gasteiger partial charge is 0.372 e. The fraction of sp³-hybridized carbons (Fsp3) is 0.652. The Hall–Kier alpha value is -1.92. The molecule has 4 rings (SSSR count). The maximum atomic E-state index is 12.1. The van der Waals surface area contributed by atoms with Crippen molar-refractivity contribution in [3.05, 3.63) is 29.8 Å². The first-order chi connectivity index (χ1) is 14.0. The van der Waals surface area contributed by atoms with Gasteiger partial charge >= 0.3 is 0 Å². The zero-order valence-electron chi connectivity index (χ0n) is 17.5. The number of hydrogen-bond acceptors (Lipinski definition) is 5. The van der Waals surface area contributed by atoms with Gasteiger partial charge in [0, 0.05) is 43.8 Å². The van der Waals surface area contributed by atoms with Gasteiger partial charge in [-0.2, -0.15) is 0 Å². The Morgan fingerprint density at radius 2 is 1.79 bits per heavy atom. The van der Waals surface area contributed by atoms with Crippen LogP contribution in [0.4, 0.5) is 5.69 Å². The second kappa shape index (κ2) is 8.84. The molecule has 0 bridgehead atoms. The number of nitrogens with two attached hydrogens (primary N) is 1. The van der Waals surface area contributed by atoms with Gasteiger partial charge in [-0.25, -0.2) is 0 Å². The average molecular weight is 399 g/mol. The maximum Gasteiger partial charge on any atom is 0.234 e. The summed E-state index contributed by atoms with van der Waals surface area (Å²) < 4.78 is 0. The molecule has 0 aromatic heterocycles. The Morgan fingerprint density at radius 3 is 2.41 bits per heavy atom. The number of piperidine rings is 2. The predicted molar refractivity (Wildman–Crippen MR) is 115 cm³/mol. The summed E-state index contributed by atoms with van der Waals surface area (Å²) in [5.74, 6) is 0.212. The van der Waals surface area contributed by atoms with E-state index in [1.165, 1.54) is 37.8 Å². The molecule has 0 spiro atoms. The van der Waals surface area contributed by atoms with Crippen molar-refractivity contribution >= 4 is 17.5 Å². The third-order valence-corrected chi connectivity index (χ3v) is 7.16. The van der Waals surface area contributed by atoms with Crippen LogP contribution >= 0.6 is 0 Å². The van der Waals surface area contributed by atoms with Crippen molar-refractivity contribution < 1.29 is 9.59 Å². The van der Waals surface area contributed by atoms with Crippen LogP contribution in [-0.2, 0) is 9.59 Å². The number of nitrogens with zero attached hydrogens (tertiary/aromatic N) is 2. The topological polar surface area (TPSA) is 78.7 Å². The van der Waals surface area contributed by atoms with Crippen LogP contribution < -0.4 is 16.0 Å². The van der Waals surface area contributed by atoms with E-state index in [2.05, 4.69) is 46.4 Å². The van der Waals surface area contributed by atoms with Crippen LogP contribution in [-0.4, -0.2) is 55.5 Å². The molecule has 1 saturated carbocycles. The lowest BCUT2D eigenvalue weighted by atomic mass is 9.90. The van der Waals surface area contributed by atoms with Gasteiger partial charge in [0.15, 0.2) is 0 Å². The number of carbonyl (C=O) groups excluding carboxylic acids is 2. The predicted octanol–water partition coefficient (Wildman–Crippen LogP) is 2.23. The molecule has 1 aromatic rings. The monoisotopic (exact) mass is 398 g/mol. The van der Waals surface area contributed by atoms with Gasteiger partial charge < -0.3 is 15.5 Å². The molecule has 2 amide bonds. The van der Waals surface area contributed by atoms with Crippen molar-refractivity contribution in [2.24, 2.45) is 11.7 Å². The Kier molecular flexibility index (Phi) is 6.20. The van der Waals surface area contributed by atoms with E-state index in [1.54, 1.807) is 0 Å². The highest BCUT2D eigenvalue weighted by Gasteiger charge is 2.30. The summed E-state index contributed by atoms with van der Waals surface area (Å²) in [7, 11) is 2.25. The lowest BCUT2D eigenvalue weighted by Gasteiger charge is -2.37. The second-order valence-corrected chi connectivity index (χ2v) is 9.13.